The number of ketones is 1. The van der Waals surface area contributed by atoms with Gasteiger partial charge in [-0.15, -0.1) is 0 Å². The van der Waals surface area contributed by atoms with Gasteiger partial charge in [0.1, 0.15) is 0 Å². The molecule has 4 aliphatic carbocycles. The van der Waals surface area contributed by atoms with Crippen LogP contribution in [0.15, 0.2) is 23.3 Å². The lowest BCUT2D eigenvalue weighted by Gasteiger charge is -2.53. The summed E-state index contributed by atoms with van der Waals surface area (Å²) in [5.41, 5.74) is 3.16. The molecule has 0 aromatic carbocycles. The predicted octanol–water partition coefficient (Wildman–Crippen LogP) is 4.58. The highest BCUT2D eigenvalue weighted by molar-refractivity contribution is 5.91. The minimum absolute atomic E-state index is 0.280. The Morgan fingerprint density at radius 3 is 2.86 bits per heavy atom. The maximum atomic E-state index is 11.7. The monoisotopic (exact) mass is 295 g/mol. The molecule has 0 saturated heterocycles. The molecule has 2 heteroatoms. The number of hydrogen-bond acceptors (Lipinski definition) is 2. The van der Waals surface area contributed by atoms with E-state index < -0.39 is 0 Å². The second-order valence-corrected chi connectivity index (χ2v) is 8.10. The third-order valence-electron chi connectivity index (χ3n) is 7.39. The number of fused-ring (bicyclic) bond motifs is 5. The number of allylic oxidation sites excluding steroid dienone is 3. The molecule has 0 amide bonds. The number of rotatable bonds is 0. The lowest BCUT2D eigenvalue weighted by molar-refractivity contribution is -0.115. The van der Waals surface area contributed by atoms with Crippen LogP contribution in [0.1, 0.15) is 58.3 Å². The summed E-state index contributed by atoms with van der Waals surface area (Å²) in [5.74, 6) is 3.42. The van der Waals surface area contributed by atoms with Crippen LogP contribution in [-0.4, -0.2) is 5.78 Å². The zero-order valence-electron chi connectivity index (χ0n) is 13.5. The van der Waals surface area contributed by atoms with Gasteiger partial charge >= 0.3 is 0 Å². The van der Waals surface area contributed by atoms with Crippen LogP contribution in [-0.2, 0) is 4.79 Å². The fourth-order valence-corrected chi connectivity index (χ4v) is 6.34. The lowest BCUT2D eigenvalue weighted by Crippen LogP contribution is -2.45. The Bertz CT molecular complexity index is 608. The number of hydrogen-bond donors (Lipinski definition) is 0. The van der Waals surface area contributed by atoms with Crippen LogP contribution in [0.2, 0.25) is 0 Å². The van der Waals surface area contributed by atoms with Crippen molar-refractivity contribution < 1.29 is 4.79 Å². The molecule has 0 radical (unpaired) electrons. The SMILES string of the molecule is C[C@]12CC[C@H]3[C@@H](CCC4=CC(=O)CC[C@@H]43)[C@@H]1CC/C2=C/C#N. The van der Waals surface area contributed by atoms with Crippen LogP contribution in [0, 0.1) is 40.4 Å². The van der Waals surface area contributed by atoms with Crippen LogP contribution in [0.5, 0.6) is 0 Å². The maximum absolute atomic E-state index is 11.7. The van der Waals surface area contributed by atoms with Gasteiger partial charge < -0.3 is 0 Å². The van der Waals surface area contributed by atoms with Crippen molar-refractivity contribution in [1.29, 1.82) is 5.26 Å². The third-order valence-corrected chi connectivity index (χ3v) is 7.39. The largest absolute Gasteiger partial charge is 0.295 e. The molecule has 0 bridgehead atoms. The van der Waals surface area contributed by atoms with Gasteiger partial charge in [0.05, 0.1) is 6.07 Å². The topological polar surface area (TPSA) is 40.9 Å². The Labute approximate surface area is 133 Å². The molecule has 0 aliphatic heterocycles. The van der Waals surface area contributed by atoms with Crippen LogP contribution in [0.3, 0.4) is 0 Å². The van der Waals surface area contributed by atoms with Gasteiger partial charge in [0.25, 0.3) is 0 Å². The van der Waals surface area contributed by atoms with Crippen LogP contribution < -0.4 is 0 Å². The molecule has 22 heavy (non-hydrogen) atoms. The highest BCUT2D eigenvalue weighted by Gasteiger charge is 2.54. The average molecular weight is 295 g/mol. The van der Waals surface area contributed by atoms with Crippen molar-refractivity contribution in [1.82, 2.24) is 0 Å². The van der Waals surface area contributed by atoms with Gasteiger partial charge in [-0.25, -0.2) is 0 Å². The van der Waals surface area contributed by atoms with E-state index in [1.54, 1.807) is 0 Å². The summed E-state index contributed by atoms with van der Waals surface area (Å²) >= 11 is 0. The Hall–Kier alpha value is -1.36. The highest BCUT2D eigenvalue weighted by Crippen LogP contribution is 2.63. The zero-order chi connectivity index (χ0) is 15.3. The van der Waals surface area contributed by atoms with Crippen molar-refractivity contribution in [2.24, 2.45) is 29.1 Å². The molecule has 0 aromatic rings. The molecule has 0 N–H and O–H groups in total. The molecule has 5 atom stereocenters. The van der Waals surface area contributed by atoms with Crippen molar-refractivity contribution >= 4 is 5.78 Å². The van der Waals surface area contributed by atoms with E-state index >= 15 is 0 Å². The molecule has 2 nitrogen and oxygen atoms in total. The molecule has 0 spiro atoms. The fraction of sp³-hybridized carbons (Fsp3) is 0.700. The normalized spacial score (nSPS) is 45.5. The molecule has 116 valence electrons. The van der Waals surface area contributed by atoms with Gasteiger partial charge in [-0.3, -0.25) is 4.79 Å². The summed E-state index contributed by atoms with van der Waals surface area (Å²) in [4.78, 5) is 11.7. The first-order chi connectivity index (χ1) is 10.6. The van der Waals surface area contributed by atoms with Crippen molar-refractivity contribution in [2.75, 3.05) is 0 Å². The smallest absolute Gasteiger partial charge is 0.155 e. The van der Waals surface area contributed by atoms with Crippen LogP contribution in [0.4, 0.5) is 0 Å². The first-order valence-corrected chi connectivity index (χ1v) is 8.96. The predicted molar refractivity (Wildman–Crippen MR) is 85.8 cm³/mol. The summed E-state index contributed by atoms with van der Waals surface area (Å²) in [6.07, 6.45) is 13.0. The standard InChI is InChI=1S/C20H25NO/c1-20-10-8-17-16-6-4-15(22)12-13(16)2-5-18(17)19(20)7-3-14(20)9-11-21/h9,12,16-19H,2-8,10H2,1H3/b14-9-/t16-,17+,18+,19-,20+/m0/s1. The quantitative estimate of drug-likeness (QED) is 0.614. The summed E-state index contributed by atoms with van der Waals surface area (Å²) in [5, 5.41) is 9.08. The molecule has 3 saturated carbocycles. The van der Waals surface area contributed by atoms with E-state index in [1.165, 1.54) is 36.8 Å². The Morgan fingerprint density at radius 2 is 2.05 bits per heavy atom. The summed E-state index contributed by atoms with van der Waals surface area (Å²) in [7, 11) is 0. The molecule has 3 fully saturated rings. The molecular formula is C20H25NO. The van der Waals surface area contributed by atoms with E-state index in [1.807, 2.05) is 12.2 Å². The van der Waals surface area contributed by atoms with Gasteiger partial charge in [-0.2, -0.15) is 5.26 Å². The van der Waals surface area contributed by atoms with Crippen molar-refractivity contribution in [3.8, 4) is 6.07 Å². The first-order valence-electron chi connectivity index (χ1n) is 8.96. The summed E-state index contributed by atoms with van der Waals surface area (Å²) in [6, 6.07) is 2.28. The lowest BCUT2D eigenvalue weighted by atomic mass is 9.52. The summed E-state index contributed by atoms with van der Waals surface area (Å²) < 4.78 is 0. The molecule has 0 aromatic heterocycles. The minimum atomic E-state index is 0.280. The van der Waals surface area contributed by atoms with Crippen molar-refractivity contribution in [3.63, 3.8) is 0 Å². The third kappa shape index (κ3) is 1.94. The Morgan fingerprint density at radius 1 is 1.18 bits per heavy atom. The van der Waals surface area contributed by atoms with E-state index in [2.05, 4.69) is 13.0 Å². The average Bonchev–Trinajstić information content (AvgIpc) is 2.84. The van der Waals surface area contributed by atoms with Gasteiger partial charge in [0, 0.05) is 12.5 Å². The van der Waals surface area contributed by atoms with Gasteiger partial charge in [-0.05, 0) is 80.1 Å². The Balaban J connectivity index is 1.64. The first kappa shape index (κ1) is 14.2. The fourth-order valence-electron chi connectivity index (χ4n) is 6.34. The molecule has 4 rings (SSSR count). The van der Waals surface area contributed by atoms with E-state index in [4.69, 9.17) is 5.26 Å². The minimum Gasteiger partial charge on any atom is -0.295 e. The molecular weight excluding hydrogens is 270 g/mol. The van der Waals surface area contributed by atoms with Crippen molar-refractivity contribution in [3.05, 3.63) is 23.3 Å². The zero-order valence-corrected chi connectivity index (χ0v) is 13.5. The summed E-state index contributed by atoms with van der Waals surface area (Å²) in [6.45, 7) is 2.42. The van der Waals surface area contributed by atoms with E-state index in [0.717, 1.165) is 43.4 Å². The molecule has 0 unspecified atom stereocenters. The van der Waals surface area contributed by atoms with Gasteiger partial charge in [-0.1, -0.05) is 18.1 Å². The van der Waals surface area contributed by atoms with E-state index in [0.29, 0.717) is 11.7 Å². The van der Waals surface area contributed by atoms with Crippen LogP contribution >= 0.6 is 0 Å². The van der Waals surface area contributed by atoms with E-state index in [9.17, 15) is 4.79 Å². The van der Waals surface area contributed by atoms with Crippen molar-refractivity contribution in [2.45, 2.75) is 58.3 Å². The van der Waals surface area contributed by atoms with Crippen LogP contribution in [0.25, 0.3) is 0 Å². The van der Waals surface area contributed by atoms with E-state index in [-0.39, 0.29) is 5.41 Å². The second-order valence-electron chi connectivity index (χ2n) is 8.10. The number of carbonyl (C=O) groups excluding carboxylic acids is 1. The molecule has 0 heterocycles. The number of nitrogens with zero attached hydrogens (tertiary/aromatic N) is 1. The van der Waals surface area contributed by atoms with Gasteiger partial charge in [0.2, 0.25) is 0 Å². The van der Waals surface area contributed by atoms with Gasteiger partial charge in [0.15, 0.2) is 5.78 Å². The Kier molecular flexibility index (Phi) is 3.29. The highest BCUT2D eigenvalue weighted by atomic mass is 16.1. The number of nitriles is 1. The molecule has 4 aliphatic rings. The maximum Gasteiger partial charge on any atom is 0.155 e. The second kappa shape index (κ2) is 5.08. The number of carbonyl (C=O) groups is 1.